The van der Waals surface area contributed by atoms with Crippen LogP contribution in [0.3, 0.4) is 0 Å². The number of nitrogens with zero attached hydrogens (tertiary/aromatic N) is 1. The zero-order valence-corrected chi connectivity index (χ0v) is 9.64. The van der Waals surface area contributed by atoms with Crippen molar-refractivity contribution in [2.75, 3.05) is 0 Å². The van der Waals surface area contributed by atoms with Crippen LogP contribution in [0.15, 0.2) is 0 Å². The molecule has 2 heteroatoms. The summed E-state index contributed by atoms with van der Waals surface area (Å²) >= 11 is 0. The first kappa shape index (κ1) is 11.5. The van der Waals surface area contributed by atoms with Crippen molar-refractivity contribution in [2.45, 2.75) is 64.5 Å². The Bertz CT molecular complexity index is 209. The third-order valence-corrected chi connectivity index (χ3v) is 3.48. The molecule has 0 bridgehead atoms. The summed E-state index contributed by atoms with van der Waals surface area (Å²) in [6.07, 6.45) is 5.52. The molecular formula is C12H22N2. The van der Waals surface area contributed by atoms with Gasteiger partial charge in [-0.1, -0.05) is 13.8 Å². The van der Waals surface area contributed by atoms with Crippen molar-refractivity contribution in [3.8, 4) is 6.07 Å². The Balaban J connectivity index is 2.55. The largest absolute Gasteiger partial charge is 0.297 e. The minimum Gasteiger partial charge on any atom is -0.297 e. The molecule has 14 heavy (non-hydrogen) atoms. The van der Waals surface area contributed by atoms with Gasteiger partial charge in [0.15, 0.2) is 0 Å². The van der Waals surface area contributed by atoms with Crippen LogP contribution in [0.1, 0.15) is 52.9 Å². The minimum absolute atomic E-state index is 0.220. The Morgan fingerprint density at radius 3 is 2.50 bits per heavy atom. The van der Waals surface area contributed by atoms with Crippen LogP contribution in [0.5, 0.6) is 0 Å². The highest BCUT2D eigenvalue weighted by molar-refractivity contribution is 5.09. The molecular weight excluding hydrogens is 172 g/mol. The summed E-state index contributed by atoms with van der Waals surface area (Å²) in [4.78, 5) is 0. The van der Waals surface area contributed by atoms with Gasteiger partial charge in [-0.2, -0.15) is 5.26 Å². The van der Waals surface area contributed by atoms with Gasteiger partial charge < -0.3 is 0 Å². The fourth-order valence-electron chi connectivity index (χ4n) is 2.12. The molecule has 0 radical (unpaired) electrons. The number of hydrogen-bond donors (Lipinski definition) is 1. The summed E-state index contributed by atoms with van der Waals surface area (Å²) in [6, 6.07) is 2.95. The molecule has 2 nitrogen and oxygen atoms in total. The van der Waals surface area contributed by atoms with Crippen LogP contribution in [-0.2, 0) is 0 Å². The molecule has 0 aliphatic heterocycles. The summed E-state index contributed by atoms with van der Waals surface area (Å²) in [5.41, 5.74) is -0.220. The van der Waals surface area contributed by atoms with Crippen LogP contribution in [-0.4, -0.2) is 11.6 Å². The van der Waals surface area contributed by atoms with Gasteiger partial charge >= 0.3 is 0 Å². The van der Waals surface area contributed by atoms with Gasteiger partial charge in [-0.25, -0.2) is 0 Å². The van der Waals surface area contributed by atoms with Gasteiger partial charge in [0, 0.05) is 6.04 Å². The maximum absolute atomic E-state index is 9.26. The molecule has 1 saturated carbocycles. The van der Waals surface area contributed by atoms with E-state index in [1.807, 2.05) is 0 Å². The molecule has 1 rings (SSSR count). The quantitative estimate of drug-likeness (QED) is 0.750. The first-order valence-corrected chi connectivity index (χ1v) is 5.81. The molecule has 1 unspecified atom stereocenters. The van der Waals surface area contributed by atoms with E-state index in [9.17, 15) is 5.26 Å². The van der Waals surface area contributed by atoms with Crippen molar-refractivity contribution in [3.05, 3.63) is 0 Å². The van der Waals surface area contributed by atoms with Crippen LogP contribution in [0.4, 0.5) is 0 Å². The molecule has 1 N–H and O–H groups in total. The van der Waals surface area contributed by atoms with E-state index in [1.54, 1.807) is 0 Å². The van der Waals surface area contributed by atoms with Gasteiger partial charge in [0.05, 0.1) is 6.07 Å². The van der Waals surface area contributed by atoms with E-state index in [-0.39, 0.29) is 5.54 Å². The van der Waals surface area contributed by atoms with Gasteiger partial charge in [0.25, 0.3) is 0 Å². The second kappa shape index (κ2) is 4.79. The normalized spacial score (nSPS) is 34.9. The van der Waals surface area contributed by atoms with Crippen molar-refractivity contribution in [1.82, 2.24) is 5.32 Å². The van der Waals surface area contributed by atoms with E-state index in [0.717, 1.165) is 25.2 Å². The molecule has 0 aromatic heterocycles. The average Bonchev–Trinajstić information content (AvgIpc) is 2.22. The molecule has 1 aliphatic rings. The standard InChI is InChI=1S/C12H22N2/c1-4-11(3)14-12(9-13)7-5-10(2)6-8-12/h10-11,14H,4-8H2,1-3H3. The van der Waals surface area contributed by atoms with Crippen molar-refractivity contribution in [1.29, 1.82) is 5.26 Å². The van der Waals surface area contributed by atoms with Crippen LogP contribution in [0.25, 0.3) is 0 Å². The van der Waals surface area contributed by atoms with E-state index < -0.39 is 0 Å². The summed E-state index contributed by atoms with van der Waals surface area (Å²) in [7, 11) is 0. The Morgan fingerprint density at radius 1 is 1.50 bits per heavy atom. The molecule has 80 valence electrons. The fraction of sp³-hybridized carbons (Fsp3) is 0.917. The number of nitriles is 1. The molecule has 1 atom stereocenters. The van der Waals surface area contributed by atoms with Crippen LogP contribution in [0, 0.1) is 17.2 Å². The predicted molar refractivity (Wildman–Crippen MR) is 58.9 cm³/mol. The second-order valence-corrected chi connectivity index (χ2v) is 4.83. The van der Waals surface area contributed by atoms with Gasteiger partial charge in [0.1, 0.15) is 5.54 Å². The topological polar surface area (TPSA) is 35.8 Å². The average molecular weight is 194 g/mol. The van der Waals surface area contributed by atoms with Crippen molar-refractivity contribution in [2.24, 2.45) is 5.92 Å². The molecule has 0 aromatic carbocycles. The van der Waals surface area contributed by atoms with E-state index in [0.29, 0.717) is 6.04 Å². The van der Waals surface area contributed by atoms with Gasteiger partial charge in [0.2, 0.25) is 0 Å². The molecule has 0 amide bonds. The predicted octanol–water partition coefficient (Wildman–Crippen LogP) is 2.85. The molecule has 1 fully saturated rings. The first-order chi connectivity index (χ1) is 6.62. The third kappa shape index (κ3) is 2.72. The molecule has 0 saturated heterocycles. The maximum Gasteiger partial charge on any atom is 0.106 e. The molecule has 0 aromatic rings. The zero-order chi connectivity index (χ0) is 10.6. The third-order valence-electron chi connectivity index (χ3n) is 3.48. The summed E-state index contributed by atoms with van der Waals surface area (Å²) in [5.74, 6) is 0.801. The van der Waals surface area contributed by atoms with Crippen LogP contribution >= 0.6 is 0 Å². The SMILES string of the molecule is CCC(C)NC1(C#N)CCC(C)CC1. The summed E-state index contributed by atoms with van der Waals surface area (Å²) < 4.78 is 0. The molecule has 0 spiro atoms. The lowest BCUT2D eigenvalue weighted by Gasteiger charge is -2.36. The smallest absolute Gasteiger partial charge is 0.106 e. The van der Waals surface area contributed by atoms with E-state index in [2.05, 4.69) is 32.2 Å². The number of hydrogen-bond acceptors (Lipinski definition) is 2. The number of rotatable bonds is 3. The molecule has 0 heterocycles. The lowest BCUT2D eigenvalue weighted by molar-refractivity contribution is 0.231. The van der Waals surface area contributed by atoms with Crippen molar-refractivity contribution >= 4 is 0 Å². The lowest BCUT2D eigenvalue weighted by Crippen LogP contribution is -2.50. The lowest BCUT2D eigenvalue weighted by atomic mass is 9.77. The van der Waals surface area contributed by atoms with Gasteiger partial charge in [-0.15, -0.1) is 0 Å². The van der Waals surface area contributed by atoms with Gasteiger partial charge in [-0.05, 0) is 44.9 Å². The Morgan fingerprint density at radius 2 is 2.07 bits per heavy atom. The summed E-state index contributed by atoms with van der Waals surface area (Å²) in [6.45, 7) is 6.61. The van der Waals surface area contributed by atoms with Crippen LogP contribution in [0.2, 0.25) is 0 Å². The van der Waals surface area contributed by atoms with E-state index in [4.69, 9.17) is 0 Å². The number of nitrogens with one attached hydrogen (secondary N) is 1. The molecule has 1 aliphatic carbocycles. The van der Waals surface area contributed by atoms with E-state index >= 15 is 0 Å². The summed E-state index contributed by atoms with van der Waals surface area (Å²) in [5, 5.41) is 12.8. The Hall–Kier alpha value is -0.550. The minimum atomic E-state index is -0.220. The van der Waals surface area contributed by atoms with Crippen molar-refractivity contribution < 1.29 is 0 Å². The maximum atomic E-state index is 9.26. The van der Waals surface area contributed by atoms with E-state index in [1.165, 1.54) is 12.8 Å². The Labute approximate surface area is 87.7 Å². The zero-order valence-electron chi connectivity index (χ0n) is 9.64. The van der Waals surface area contributed by atoms with Crippen LogP contribution < -0.4 is 5.32 Å². The second-order valence-electron chi connectivity index (χ2n) is 4.83. The highest BCUT2D eigenvalue weighted by Crippen LogP contribution is 2.31. The monoisotopic (exact) mass is 194 g/mol. The highest BCUT2D eigenvalue weighted by Gasteiger charge is 2.34. The highest BCUT2D eigenvalue weighted by atomic mass is 15.0. The fourth-order valence-corrected chi connectivity index (χ4v) is 2.12. The Kier molecular flexibility index (Phi) is 3.95. The first-order valence-electron chi connectivity index (χ1n) is 5.81. The van der Waals surface area contributed by atoms with Gasteiger partial charge in [-0.3, -0.25) is 5.32 Å². The van der Waals surface area contributed by atoms with Crippen molar-refractivity contribution in [3.63, 3.8) is 0 Å².